The highest BCUT2D eigenvalue weighted by Gasteiger charge is 2.22. The lowest BCUT2D eigenvalue weighted by Crippen LogP contribution is -2.23. The molecule has 2 atom stereocenters. The maximum atomic E-state index is 11.9. The Morgan fingerprint density at radius 2 is 0.862 bits per heavy atom. The standard InChI is InChI=1S/C49H84NO7P/c1-2-3-4-5-6-7-8-9-10-11-12-13-14-15-16-17-18-19-20-21-22-23-24-25-26-27-28-29-30-31-32-33-34-35-36-37-38-39-40-41-42-43-49(52)55-46-48(51)47-57-58(53,54)56-45-44-50/h3-4,6-7,9-10,12-13,15-16,18-19,21-22,24-25,48,51H,2,5,8,11,14,17,20,23,26-47,50H2,1H3,(H,53,54)/b4-3-,7-6-,10-9-,13-12-,16-15-,19-18-,22-21-,25-24-. The first kappa shape index (κ1) is 55.4. The summed E-state index contributed by atoms with van der Waals surface area (Å²) < 4.78 is 25.8. The maximum absolute atomic E-state index is 11.9. The summed E-state index contributed by atoms with van der Waals surface area (Å²) in [5.41, 5.74) is 5.21. The van der Waals surface area contributed by atoms with Crippen molar-refractivity contribution in [3.05, 3.63) is 97.2 Å². The lowest BCUT2D eigenvalue weighted by Gasteiger charge is -2.15. The highest BCUT2D eigenvalue weighted by molar-refractivity contribution is 7.47. The Labute approximate surface area is 355 Å². The molecule has 0 saturated carbocycles. The Bertz CT molecular complexity index is 1200. The molecule has 58 heavy (non-hydrogen) atoms. The van der Waals surface area contributed by atoms with Crippen molar-refractivity contribution in [1.29, 1.82) is 0 Å². The minimum Gasteiger partial charge on any atom is -0.463 e. The number of hydrogen-bond donors (Lipinski definition) is 3. The van der Waals surface area contributed by atoms with Gasteiger partial charge in [-0.2, -0.15) is 0 Å². The largest absolute Gasteiger partial charge is 0.472 e. The molecule has 0 aliphatic carbocycles. The van der Waals surface area contributed by atoms with Crippen molar-refractivity contribution in [1.82, 2.24) is 0 Å². The molecule has 0 bridgehead atoms. The minimum atomic E-state index is -4.26. The second-order valence-electron chi connectivity index (χ2n) is 14.7. The molecule has 0 saturated heterocycles. The fraction of sp³-hybridized carbons (Fsp3) is 0.653. The number of aliphatic hydroxyl groups excluding tert-OH is 1. The fourth-order valence-corrected chi connectivity index (χ4v) is 6.65. The number of allylic oxidation sites excluding steroid dienone is 16. The Balaban J connectivity index is 3.43. The Hall–Kier alpha value is -2.58. The number of hydrogen-bond acceptors (Lipinski definition) is 7. The quantitative estimate of drug-likeness (QED) is 0.0240. The molecule has 0 heterocycles. The topological polar surface area (TPSA) is 128 Å². The fourth-order valence-electron chi connectivity index (χ4n) is 5.88. The molecule has 0 radical (unpaired) electrons. The first-order valence-electron chi connectivity index (χ1n) is 22.8. The molecule has 0 fully saturated rings. The second-order valence-corrected chi connectivity index (χ2v) is 16.2. The van der Waals surface area contributed by atoms with E-state index in [1.165, 1.54) is 89.9 Å². The molecular weight excluding hydrogens is 746 g/mol. The van der Waals surface area contributed by atoms with E-state index in [9.17, 15) is 19.4 Å². The third kappa shape index (κ3) is 46.1. The van der Waals surface area contributed by atoms with Gasteiger partial charge in [-0.05, 0) is 70.6 Å². The van der Waals surface area contributed by atoms with Crippen LogP contribution in [-0.4, -0.2) is 48.4 Å². The molecule has 0 aromatic carbocycles. The van der Waals surface area contributed by atoms with Crippen LogP contribution in [-0.2, 0) is 23.1 Å². The molecule has 9 heteroatoms. The van der Waals surface area contributed by atoms with Gasteiger partial charge in [-0.25, -0.2) is 4.57 Å². The molecular formula is C49H84NO7P. The lowest BCUT2D eigenvalue weighted by atomic mass is 10.0. The van der Waals surface area contributed by atoms with Crippen LogP contribution >= 0.6 is 7.82 Å². The number of esters is 1. The van der Waals surface area contributed by atoms with Gasteiger partial charge in [0.05, 0.1) is 13.2 Å². The SMILES string of the molecule is CC/C=C\C/C=C\C/C=C\C/C=C\C/C=C\C/C=C\C/C=C\C/C=C\CCCCCCCCCCCCCCCCCCC(=O)OCC(O)COP(=O)(O)OCCN. The average Bonchev–Trinajstić information content (AvgIpc) is 3.22. The number of nitrogens with two attached hydrogens (primary N) is 1. The summed E-state index contributed by atoms with van der Waals surface area (Å²) >= 11 is 0. The summed E-state index contributed by atoms with van der Waals surface area (Å²) in [6, 6.07) is 0. The normalized spacial score (nSPS) is 14.3. The van der Waals surface area contributed by atoms with Crippen LogP contribution in [0.2, 0.25) is 0 Å². The first-order chi connectivity index (χ1) is 28.4. The van der Waals surface area contributed by atoms with Crippen LogP contribution in [0.15, 0.2) is 97.2 Å². The molecule has 0 rings (SSSR count). The van der Waals surface area contributed by atoms with Crippen molar-refractivity contribution in [3.63, 3.8) is 0 Å². The van der Waals surface area contributed by atoms with Gasteiger partial charge in [-0.1, -0.05) is 194 Å². The van der Waals surface area contributed by atoms with Gasteiger partial charge in [0, 0.05) is 13.0 Å². The third-order valence-corrected chi connectivity index (χ3v) is 10.2. The van der Waals surface area contributed by atoms with Gasteiger partial charge in [-0.15, -0.1) is 0 Å². The zero-order valence-electron chi connectivity index (χ0n) is 36.5. The summed E-state index contributed by atoms with van der Waals surface area (Å²) in [7, 11) is -4.26. The minimum absolute atomic E-state index is 0.0718. The van der Waals surface area contributed by atoms with Crippen molar-refractivity contribution in [3.8, 4) is 0 Å². The summed E-state index contributed by atoms with van der Waals surface area (Å²) in [6.45, 7) is 1.34. The smallest absolute Gasteiger partial charge is 0.463 e. The highest BCUT2D eigenvalue weighted by Crippen LogP contribution is 2.42. The molecule has 0 aliphatic heterocycles. The average molecular weight is 830 g/mol. The van der Waals surface area contributed by atoms with Crippen LogP contribution in [0.4, 0.5) is 0 Å². The lowest BCUT2D eigenvalue weighted by molar-refractivity contribution is -0.147. The van der Waals surface area contributed by atoms with Gasteiger partial charge < -0.3 is 20.5 Å². The van der Waals surface area contributed by atoms with Crippen LogP contribution < -0.4 is 5.73 Å². The predicted molar refractivity (Wildman–Crippen MR) is 247 cm³/mol. The number of ether oxygens (including phenoxy) is 1. The zero-order chi connectivity index (χ0) is 42.3. The van der Waals surface area contributed by atoms with Crippen molar-refractivity contribution in [2.75, 3.05) is 26.4 Å². The Kier molecular flexibility index (Phi) is 43.5. The predicted octanol–water partition coefficient (Wildman–Crippen LogP) is 13.6. The van der Waals surface area contributed by atoms with Crippen LogP contribution in [0.5, 0.6) is 0 Å². The van der Waals surface area contributed by atoms with E-state index < -0.39 is 20.5 Å². The van der Waals surface area contributed by atoms with Crippen LogP contribution in [0, 0.1) is 0 Å². The van der Waals surface area contributed by atoms with E-state index in [-0.39, 0.29) is 25.7 Å². The molecule has 2 unspecified atom stereocenters. The van der Waals surface area contributed by atoms with Crippen LogP contribution in [0.25, 0.3) is 0 Å². The number of phosphoric ester groups is 1. The van der Waals surface area contributed by atoms with Gasteiger partial charge in [0.1, 0.15) is 12.7 Å². The van der Waals surface area contributed by atoms with Crippen molar-refractivity contribution in [2.24, 2.45) is 5.73 Å². The molecule has 332 valence electrons. The van der Waals surface area contributed by atoms with E-state index in [4.69, 9.17) is 10.5 Å². The molecule has 0 aromatic rings. The third-order valence-electron chi connectivity index (χ3n) is 9.21. The molecule has 0 aliphatic rings. The van der Waals surface area contributed by atoms with Crippen molar-refractivity contribution >= 4 is 13.8 Å². The summed E-state index contributed by atoms with van der Waals surface area (Å²) in [5, 5.41) is 9.78. The molecule has 0 spiro atoms. The number of unbranched alkanes of at least 4 members (excludes halogenated alkanes) is 16. The van der Waals surface area contributed by atoms with E-state index in [1.54, 1.807) is 0 Å². The number of rotatable bonds is 42. The summed E-state index contributed by atoms with van der Waals surface area (Å²) in [5.74, 6) is -0.387. The summed E-state index contributed by atoms with van der Waals surface area (Å²) in [6.07, 6.45) is 64.6. The molecule has 0 amide bonds. The molecule has 8 nitrogen and oxygen atoms in total. The van der Waals surface area contributed by atoms with Gasteiger partial charge in [-0.3, -0.25) is 13.8 Å². The van der Waals surface area contributed by atoms with Crippen LogP contribution in [0.1, 0.15) is 174 Å². The van der Waals surface area contributed by atoms with Crippen molar-refractivity contribution in [2.45, 2.75) is 180 Å². The van der Waals surface area contributed by atoms with Crippen molar-refractivity contribution < 1.29 is 33.1 Å². The van der Waals surface area contributed by atoms with Gasteiger partial charge in [0.15, 0.2) is 0 Å². The summed E-state index contributed by atoms with van der Waals surface area (Å²) in [4.78, 5) is 21.3. The number of carbonyl (C=O) groups excluding carboxylic acids is 1. The first-order valence-corrected chi connectivity index (χ1v) is 24.3. The van der Waals surface area contributed by atoms with E-state index in [0.29, 0.717) is 6.42 Å². The van der Waals surface area contributed by atoms with Gasteiger partial charge in [0.2, 0.25) is 0 Å². The highest BCUT2D eigenvalue weighted by atomic mass is 31.2. The van der Waals surface area contributed by atoms with E-state index in [1.807, 2.05) is 0 Å². The monoisotopic (exact) mass is 830 g/mol. The number of phosphoric acid groups is 1. The number of aliphatic hydroxyl groups is 1. The maximum Gasteiger partial charge on any atom is 0.472 e. The van der Waals surface area contributed by atoms with Crippen LogP contribution in [0.3, 0.4) is 0 Å². The molecule has 4 N–H and O–H groups in total. The Morgan fingerprint density at radius 3 is 1.24 bits per heavy atom. The zero-order valence-corrected chi connectivity index (χ0v) is 37.4. The molecule has 0 aromatic heterocycles. The van der Waals surface area contributed by atoms with Gasteiger partial charge >= 0.3 is 13.8 Å². The van der Waals surface area contributed by atoms with Gasteiger partial charge in [0.25, 0.3) is 0 Å². The van der Waals surface area contributed by atoms with E-state index in [0.717, 1.165) is 70.6 Å². The second kappa shape index (κ2) is 45.5. The van der Waals surface area contributed by atoms with E-state index >= 15 is 0 Å². The Morgan fingerprint density at radius 1 is 0.517 bits per heavy atom. The van der Waals surface area contributed by atoms with E-state index in [2.05, 4.69) is 113 Å². The number of carbonyl (C=O) groups is 1.